The number of fused-ring (bicyclic) bond motifs is 1. The Morgan fingerprint density at radius 3 is 1.97 bits per heavy atom. The quantitative estimate of drug-likeness (QED) is 0.658. The molecule has 0 unspecified atom stereocenters. The highest BCUT2D eigenvalue weighted by Gasteiger charge is 2.21. The highest BCUT2D eigenvalue weighted by molar-refractivity contribution is 8.02. The molecule has 0 atom stereocenters. The van der Waals surface area contributed by atoms with Crippen LogP contribution in [0.4, 0.5) is 0 Å². The molecule has 1 aliphatic rings. The lowest BCUT2D eigenvalue weighted by atomic mass is 10.1. The maximum atomic E-state index is 5.42. The maximum absolute atomic E-state index is 5.42. The topological polar surface area (TPSA) is 79.7 Å². The summed E-state index contributed by atoms with van der Waals surface area (Å²) in [5.41, 5.74) is 6.07. The van der Waals surface area contributed by atoms with Gasteiger partial charge >= 0.3 is 0 Å². The average Bonchev–Trinajstić information content (AvgIpc) is 3.21. The first-order valence-electron chi connectivity index (χ1n) is 8.72. The fourth-order valence-electron chi connectivity index (χ4n) is 3.00. The molecule has 0 fully saturated rings. The fourth-order valence-corrected chi connectivity index (χ4v) is 3.74. The summed E-state index contributed by atoms with van der Waals surface area (Å²) in [6, 6.07) is 11.4. The second-order valence-electron chi connectivity index (χ2n) is 6.04. The number of methoxy groups -OCH3 is 4. The summed E-state index contributed by atoms with van der Waals surface area (Å²) >= 11 is 1.48. The number of rotatable bonds is 6. The lowest BCUT2D eigenvalue weighted by Gasteiger charge is -2.20. The van der Waals surface area contributed by atoms with Gasteiger partial charge in [0.05, 0.1) is 34.1 Å². The minimum atomic E-state index is 0.626. The molecule has 0 bridgehead atoms. The Morgan fingerprint density at radius 1 is 0.759 bits per heavy atom. The van der Waals surface area contributed by atoms with Gasteiger partial charge in [0.15, 0.2) is 28.8 Å². The summed E-state index contributed by atoms with van der Waals surface area (Å²) in [6.07, 6.45) is 0. The first-order chi connectivity index (χ1) is 14.2. The Morgan fingerprint density at radius 2 is 1.34 bits per heavy atom. The molecule has 3 aromatic rings. The van der Waals surface area contributed by atoms with Crippen molar-refractivity contribution in [1.82, 2.24) is 14.9 Å². The molecule has 2 heterocycles. The van der Waals surface area contributed by atoms with E-state index < -0.39 is 0 Å². The van der Waals surface area contributed by atoms with Crippen LogP contribution in [0.1, 0.15) is 5.56 Å². The standard InChI is InChI=1S/C20H20N4O4S/c1-25-15-7-5-12(9-17(15)27-3)14-11-29-20-22-21-19(24(20)23-14)13-6-8-16(26-2)18(10-13)28-4/h5-11,23H,1-4H3. The smallest absolute Gasteiger partial charge is 0.214 e. The number of hydrogen-bond acceptors (Lipinski definition) is 8. The van der Waals surface area contributed by atoms with Crippen molar-refractivity contribution in [2.75, 3.05) is 33.9 Å². The van der Waals surface area contributed by atoms with Crippen LogP contribution in [0.3, 0.4) is 0 Å². The van der Waals surface area contributed by atoms with Crippen LogP contribution in [0.5, 0.6) is 23.0 Å². The van der Waals surface area contributed by atoms with Crippen molar-refractivity contribution < 1.29 is 18.9 Å². The number of nitrogens with zero attached hydrogens (tertiary/aromatic N) is 3. The number of benzene rings is 2. The molecule has 1 aromatic heterocycles. The lowest BCUT2D eigenvalue weighted by molar-refractivity contribution is 0.355. The lowest BCUT2D eigenvalue weighted by Crippen LogP contribution is -2.18. The van der Waals surface area contributed by atoms with Crippen LogP contribution in [-0.2, 0) is 0 Å². The zero-order valence-electron chi connectivity index (χ0n) is 16.4. The zero-order valence-corrected chi connectivity index (χ0v) is 17.2. The predicted molar refractivity (Wildman–Crippen MR) is 111 cm³/mol. The molecule has 150 valence electrons. The zero-order chi connectivity index (χ0) is 20.4. The van der Waals surface area contributed by atoms with E-state index in [0.717, 1.165) is 22.0 Å². The van der Waals surface area contributed by atoms with Gasteiger partial charge in [-0.3, -0.25) is 5.43 Å². The van der Waals surface area contributed by atoms with Crippen molar-refractivity contribution in [2.24, 2.45) is 0 Å². The number of hydrogen-bond donors (Lipinski definition) is 1. The molecule has 0 amide bonds. The summed E-state index contributed by atoms with van der Waals surface area (Å²) < 4.78 is 23.3. The maximum Gasteiger partial charge on any atom is 0.214 e. The van der Waals surface area contributed by atoms with E-state index in [0.29, 0.717) is 28.8 Å². The first-order valence-corrected chi connectivity index (χ1v) is 9.60. The van der Waals surface area contributed by atoms with Gasteiger partial charge in [-0.05, 0) is 36.4 Å². The van der Waals surface area contributed by atoms with Crippen molar-refractivity contribution in [3.63, 3.8) is 0 Å². The minimum absolute atomic E-state index is 0.626. The van der Waals surface area contributed by atoms with E-state index >= 15 is 0 Å². The summed E-state index contributed by atoms with van der Waals surface area (Å²) in [7, 11) is 6.44. The third kappa shape index (κ3) is 3.44. The SMILES string of the molecule is COc1ccc(C2=CSc3nnc(-c4ccc(OC)c(OC)c4)n3N2)cc1OC. The van der Waals surface area contributed by atoms with Gasteiger partial charge in [0.25, 0.3) is 0 Å². The summed E-state index contributed by atoms with van der Waals surface area (Å²) in [5.74, 6) is 3.28. The van der Waals surface area contributed by atoms with Crippen LogP contribution in [-0.4, -0.2) is 43.3 Å². The van der Waals surface area contributed by atoms with Crippen molar-refractivity contribution in [2.45, 2.75) is 5.16 Å². The van der Waals surface area contributed by atoms with Crippen molar-refractivity contribution in [3.05, 3.63) is 47.4 Å². The van der Waals surface area contributed by atoms with Gasteiger partial charge in [-0.25, -0.2) is 4.68 Å². The van der Waals surface area contributed by atoms with E-state index in [1.165, 1.54) is 11.8 Å². The monoisotopic (exact) mass is 412 g/mol. The first kappa shape index (κ1) is 19.0. The molecule has 9 heteroatoms. The Hall–Kier alpha value is -3.33. The van der Waals surface area contributed by atoms with Crippen molar-refractivity contribution in [1.29, 1.82) is 0 Å². The van der Waals surface area contributed by atoms with E-state index in [9.17, 15) is 0 Å². The van der Waals surface area contributed by atoms with E-state index in [2.05, 4.69) is 15.6 Å². The molecule has 2 aromatic carbocycles. The molecular weight excluding hydrogens is 392 g/mol. The Bertz CT molecular complexity index is 1080. The van der Waals surface area contributed by atoms with Crippen LogP contribution >= 0.6 is 11.8 Å². The van der Waals surface area contributed by atoms with E-state index in [-0.39, 0.29) is 0 Å². The van der Waals surface area contributed by atoms with Gasteiger partial charge in [0.1, 0.15) is 0 Å². The fraction of sp³-hybridized carbons (Fsp3) is 0.200. The Labute approximate surface area is 172 Å². The number of nitrogens with one attached hydrogen (secondary N) is 1. The molecule has 0 saturated carbocycles. The Balaban J connectivity index is 1.68. The third-order valence-electron chi connectivity index (χ3n) is 4.48. The van der Waals surface area contributed by atoms with Crippen LogP contribution in [0, 0.1) is 0 Å². The molecule has 0 radical (unpaired) electrons. The molecule has 0 spiro atoms. The summed E-state index contributed by atoms with van der Waals surface area (Å²) in [4.78, 5) is 0. The average molecular weight is 412 g/mol. The summed E-state index contributed by atoms with van der Waals surface area (Å²) in [5, 5.41) is 11.3. The highest BCUT2D eigenvalue weighted by Crippen LogP contribution is 2.36. The van der Waals surface area contributed by atoms with Gasteiger partial charge in [-0.2, -0.15) is 0 Å². The summed E-state index contributed by atoms with van der Waals surface area (Å²) in [6.45, 7) is 0. The molecule has 1 N–H and O–H groups in total. The molecule has 8 nitrogen and oxygen atoms in total. The van der Waals surface area contributed by atoms with E-state index in [1.54, 1.807) is 28.4 Å². The molecule has 4 rings (SSSR count). The second kappa shape index (κ2) is 7.96. The van der Waals surface area contributed by atoms with E-state index in [1.807, 2.05) is 46.5 Å². The highest BCUT2D eigenvalue weighted by atomic mass is 32.2. The third-order valence-corrected chi connectivity index (χ3v) is 5.31. The minimum Gasteiger partial charge on any atom is -0.493 e. The van der Waals surface area contributed by atoms with Gasteiger partial charge in [0, 0.05) is 16.5 Å². The van der Waals surface area contributed by atoms with Crippen LogP contribution in [0.15, 0.2) is 47.0 Å². The van der Waals surface area contributed by atoms with Gasteiger partial charge in [0.2, 0.25) is 5.16 Å². The second-order valence-corrected chi connectivity index (χ2v) is 6.88. The van der Waals surface area contributed by atoms with Crippen LogP contribution in [0.2, 0.25) is 0 Å². The Kier molecular flexibility index (Phi) is 5.22. The number of ether oxygens (including phenoxy) is 4. The van der Waals surface area contributed by atoms with E-state index in [4.69, 9.17) is 18.9 Å². The molecular formula is C20H20N4O4S. The van der Waals surface area contributed by atoms with Gasteiger partial charge in [-0.1, -0.05) is 11.8 Å². The molecule has 0 saturated heterocycles. The predicted octanol–water partition coefficient (Wildman–Crippen LogP) is 3.63. The van der Waals surface area contributed by atoms with Gasteiger partial charge < -0.3 is 18.9 Å². The van der Waals surface area contributed by atoms with Crippen LogP contribution in [0.25, 0.3) is 17.1 Å². The molecule has 1 aliphatic heterocycles. The number of thioether (sulfide) groups is 1. The van der Waals surface area contributed by atoms with Crippen molar-refractivity contribution in [3.8, 4) is 34.4 Å². The molecule has 0 aliphatic carbocycles. The largest absolute Gasteiger partial charge is 0.493 e. The number of aromatic nitrogens is 3. The van der Waals surface area contributed by atoms with Crippen molar-refractivity contribution >= 4 is 17.5 Å². The normalized spacial score (nSPS) is 12.5. The van der Waals surface area contributed by atoms with Gasteiger partial charge in [-0.15, -0.1) is 10.2 Å². The molecule has 29 heavy (non-hydrogen) atoms. The van der Waals surface area contributed by atoms with Crippen LogP contribution < -0.4 is 24.4 Å².